The van der Waals surface area contributed by atoms with Crippen molar-refractivity contribution in [3.63, 3.8) is 0 Å². The van der Waals surface area contributed by atoms with Crippen molar-refractivity contribution in [2.24, 2.45) is 0 Å². The summed E-state index contributed by atoms with van der Waals surface area (Å²) in [5.41, 5.74) is 2.56. The number of halogens is 1. The molecule has 156 valence electrons. The summed E-state index contributed by atoms with van der Waals surface area (Å²) in [6.45, 7) is 3.75. The van der Waals surface area contributed by atoms with Crippen LogP contribution in [0.3, 0.4) is 0 Å². The van der Waals surface area contributed by atoms with E-state index in [0.29, 0.717) is 10.7 Å². The van der Waals surface area contributed by atoms with Crippen molar-refractivity contribution in [1.29, 1.82) is 0 Å². The zero-order valence-electron chi connectivity index (χ0n) is 16.6. The van der Waals surface area contributed by atoms with Crippen LogP contribution >= 0.6 is 11.6 Å². The standard InChI is InChI=1S/C21H26ClN3O3S/c1-16(17-5-9-19(10-6-17)24-13-3-4-14-24)23-21(26)15-25(29(2,27)28)20-11-7-18(22)8-12-20/h5-12,16H,3-4,13-15H2,1-2H3,(H,23,26). The molecule has 3 rings (SSSR count). The van der Waals surface area contributed by atoms with Crippen LogP contribution in [0, 0.1) is 0 Å². The Hall–Kier alpha value is -2.25. The van der Waals surface area contributed by atoms with E-state index >= 15 is 0 Å². The molecule has 2 aromatic carbocycles. The van der Waals surface area contributed by atoms with Gasteiger partial charge in [-0.2, -0.15) is 0 Å². The van der Waals surface area contributed by atoms with Crippen molar-refractivity contribution in [1.82, 2.24) is 5.32 Å². The number of anilines is 2. The predicted molar refractivity (Wildman–Crippen MR) is 118 cm³/mol. The summed E-state index contributed by atoms with van der Waals surface area (Å²) in [6, 6.07) is 14.3. The highest BCUT2D eigenvalue weighted by Crippen LogP contribution is 2.23. The van der Waals surface area contributed by atoms with Crippen molar-refractivity contribution < 1.29 is 13.2 Å². The molecule has 1 atom stereocenters. The summed E-state index contributed by atoms with van der Waals surface area (Å²) in [5, 5.41) is 3.38. The fourth-order valence-electron chi connectivity index (χ4n) is 3.46. The van der Waals surface area contributed by atoms with Gasteiger partial charge in [0.05, 0.1) is 18.0 Å². The summed E-state index contributed by atoms with van der Waals surface area (Å²) in [5.74, 6) is -0.374. The summed E-state index contributed by atoms with van der Waals surface area (Å²) < 4.78 is 25.4. The van der Waals surface area contributed by atoms with Gasteiger partial charge < -0.3 is 10.2 Å². The quantitative estimate of drug-likeness (QED) is 0.721. The number of nitrogens with one attached hydrogen (secondary N) is 1. The zero-order valence-corrected chi connectivity index (χ0v) is 18.2. The fourth-order valence-corrected chi connectivity index (χ4v) is 4.44. The van der Waals surface area contributed by atoms with Gasteiger partial charge in [-0.05, 0) is 61.7 Å². The minimum Gasteiger partial charge on any atom is -0.372 e. The molecule has 0 bridgehead atoms. The molecule has 2 aromatic rings. The van der Waals surface area contributed by atoms with Gasteiger partial charge in [0.15, 0.2) is 0 Å². The van der Waals surface area contributed by atoms with Gasteiger partial charge in [0.25, 0.3) is 0 Å². The van der Waals surface area contributed by atoms with Gasteiger partial charge in [0.1, 0.15) is 6.54 Å². The zero-order chi connectivity index (χ0) is 21.0. The number of carbonyl (C=O) groups excluding carboxylic acids is 1. The van der Waals surface area contributed by atoms with Crippen LogP contribution in [0.2, 0.25) is 5.02 Å². The van der Waals surface area contributed by atoms with Crippen LogP contribution in [-0.2, 0) is 14.8 Å². The van der Waals surface area contributed by atoms with E-state index in [2.05, 4.69) is 22.3 Å². The third-order valence-electron chi connectivity index (χ3n) is 5.04. The number of nitrogens with zero attached hydrogens (tertiary/aromatic N) is 2. The summed E-state index contributed by atoms with van der Waals surface area (Å²) in [7, 11) is -3.62. The van der Waals surface area contributed by atoms with Crippen LogP contribution in [0.25, 0.3) is 0 Å². The fraction of sp³-hybridized carbons (Fsp3) is 0.381. The average molecular weight is 436 g/mol. The lowest BCUT2D eigenvalue weighted by molar-refractivity contribution is -0.120. The highest BCUT2D eigenvalue weighted by molar-refractivity contribution is 7.92. The molecule has 0 spiro atoms. The Morgan fingerprint density at radius 1 is 1.10 bits per heavy atom. The van der Waals surface area contributed by atoms with Gasteiger partial charge in [0.2, 0.25) is 15.9 Å². The second-order valence-corrected chi connectivity index (χ2v) is 9.66. The Bertz CT molecular complexity index is 940. The molecular weight excluding hydrogens is 410 g/mol. The number of carbonyl (C=O) groups is 1. The maximum Gasteiger partial charge on any atom is 0.241 e. The van der Waals surface area contributed by atoms with Crippen molar-refractivity contribution in [2.75, 3.05) is 35.1 Å². The molecule has 1 heterocycles. The second-order valence-electron chi connectivity index (χ2n) is 7.32. The molecular formula is C21H26ClN3O3S. The molecule has 1 aliphatic heterocycles. The topological polar surface area (TPSA) is 69.7 Å². The van der Waals surface area contributed by atoms with Gasteiger partial charge in [-0.25, -0.2) is 8.42 Å². The lowest BCUT2D eigenvalue weighted by Gasteiger charge is -2.23. The smallest absolute Gasteiger partial charge is 0.241 e. The van der Waals surface area contributed by atoms with Crippen LogP contribution in [0.1, 0.15) is 31.4 Å². The first-order chi connectivity index (χ1) is 13.7. The second kappa shape index (κ2) is 9.05. The third-order valence-corrected chi connectivity index (χ3v) is 6.44. The Morgan fingerprint density at radius 3 is 2.24 bits per heavy atom. The summed E-state index contributed by atoms with van der Waals surface area (Å²) in [4.78, 5) is 14.9. The normalized spacial score (nSPS) is 15.2. The molecule has 1 aliphatic rings. The number of sulfonamides is 1. The number of amides is 1. The largest absolute Gasteiger partial charge is 0.372 e. The number of benzene rings is 2. The van der Waals surface area contributed by atoms with Crippen LogP contribution in [0.15, 0.2) is 48.5 Å². The van der Waals surface area contributed by atoms with Crippen molar-refractivity contribution >= 4 is 38.9 Å². The first kappa shape index (κ1) is 21.5. The van der Waals surface area contributed by atoms with E-state index < -0.39 is 10.0 Å². The Kier molecular flexibility index (Phi) is 6.70. The van der Waals surface area contributed by atoms with E-state index in [4.69, 9.17) is 11.6 Å². The van der Waals surface area contributed by atoms with E-state index in [1.807, 2.05) is 19.1 Å². The molecule has 6 nitrogen and oxygen atoms in total. The Morgan fingerprint density at radius 2 is 1.69 bits per heavy atom. The van der Waals surface area contributed by atoms with Crippen molar-refractivity contribution in [3.05, 3.63) is 59.1 Å². The molecule has 29 heavy (non-hydrogen) atoms. The highest BCUT2D eigenvalue weighted by atomic mass is 35.5. The molecule has 8 heteroatoms. The number of hydrogen-bond acceptors (Lipinski definition) is 4. The molecule has 1 N–H and O–H groups in total. The van der Waals surface area contributed by atoms with E-state index in [0.717, 1.165) is 29.2 Å². The van der Waals surface area contributed by atoms with Gasteiger partial charge in [0, 0.05) is 23.8 Å². The molecule has 1 unspecified atom stereocenters. The summed E-state index contributed by atoms with van der Waals surface area (Å²) >= 11 is 5.88. The summed E-state index contributed by atoms with van der Waals surface area (Å²) in [6.07, 6.45) is 3.52. The van der Waals surface area contributed by atoms with E-state index in [1.54, 1.807) is 24.3 Å². The van der Waals surface area contributed by atoms with Crippen LogP contribution in [0.5, 0.6) is 0 Å². The molecule has 0 saturated carbocycles. The SMILES string of the molecule is CC(NC(=O)CN(c1ccc(Cl)cc1)S(C)(=O)=O)c1ccc(N2CCCC2)cc1. The van der Waals surface area contributed by atoms with Crippen LogP contribution < -0.4 is 14.5 Å². The van der Waals surface area contributed by atoms with E-state index in [1.165, 1.54) is 18.5 Å². The number of rotatable bonds is 7. The maximum atomic E-state index is 12.5. The first-order valence-corrected chi connectivity index (χ1v) is 11.8. The van der Waals surface area contributed by atoms with Gasteiger partial charge >= 0.3 is 0 Å². The van der Waals surface area contributed by atoms with E-state index in [9.17, 15) is 13.2 Å². The third kappa shape index (κ3) is 5.64. The first-order valence-electron chi connectivity index (χ1n) is 9.61. The van der Waals surface area contributed by atoms with E-state index in [-0.39, 0.29) is 18.5 Å². The Labute approximate surface area is 177 Å². The molecule has 1 saturated heterocycles. The minimum atomic E-state index is -3.62. The monoisotopic (exact) mass is 435 g/mol. The predicted octanol–water partition coefficient (Wildman–Crippen LogP) is 3.58. The molecule has 1 fully saturated rings. The van der Waals surface area contributed by atoms with Crippen LogP contribution in [-0.4, -0.2) is 40.2 Å². The van der Waals surface area contributed by atoms with Crippen molar-refractivity contribution in [2.45, 2.75) is 25.8 Å². The van der Waals surface area contributed by atoms with Crippen LogP contribution in [0.4, 0.5) is 11.4 Å². The molecule has 0 radical (unpaired) electrons. The molecule has 1 amide bonds. The van der Waals surface area contributed by atoms with Gasteiger partial charge in [-0.3, -0.25) is 9.10 Å². The van der Waals surface area contributed by atoms with Gasteiger partial charge in [-0.1, -0.05) is 23.7 Å². The van der Waals surface area contributed by atoms with Crippen molar-refractivity contribution in [3.8, 4) is 0 Å². The highest BCUT2D eigenvalue weighted by Gasteiger charge is 2.22. The lowest BCUT2D eigenvalue weighted by atomic mass is 10.1. The Balaban J connectivity index is 1.65. The maximum absolute atomic E-state index is 12.5. The average Bonchev–Trinajstić information content (AvgIpc) is 3.21. The minimum absolute atomic E-state index is 0.234. The molecule has 0 aromatic heterocycles. The van der Waals surface area contributed by atoms with Gasteiger partial charge in [-0.15, -0.1) is 0 Å². The lowest BCUT2D eigenvalue weighted by Crippen LogP contribution is -2.41. The number of hydrogen-bond donors (Lipinski definition) is 1. The molecule has 0 aliphatic carbocycles.